The average molecular weight is 421 g/mol. The van der Waals surface area contributed by atoms with Crippen LogP contribution in [0.3, 0.4) is 0 Å². The van der Waals surface area contributed by atoms with E-state index in [1.165, 1.54) is 22.9 Å². The zero-order chi connectivity index (χ0) is 20.2. The van der Waals surface area contributed by atoms with Crippen LogP contribution < -0.4 is 0 Å². The van der Waals surface area contributed by atoms with E-state index in [9.17, 15) is 4.79 Å². The quantitative estimate of drug-likeness (QED) is 0.261. The van der Waals surface area contributed by atoms with Gasteiger partial charge in [0.2, 0.25) is 0 Å². The maximum absolute atomic E-state index is 12.7. The Kier molecular flexibility index (Phi) is 6.02. The second kappa shape index (κ2) is 8.85. The maximum atomic E-state index is 12.7. The largest absolute Gasteiger partial charge is 0.314 e. The third-order valence-electron chi connectivity index (χ3n) is 4.88. The number of Topliss-reactive ketones (excluding diaryl/α,β-unsaturated/α-hetero) is 1. The number of hydrogen-bond acceptors (Lipinski definition) is 3. The minimum Gasteiger partial charge on any atom is -0.314 e. The lowest BCUT2D eigenvalue weighted by molar-refractivity contribution is 0.102. The van der Waals surface area contributed by atoms with E-state index >= 15 is 0 Å². The third-order valence-corrected chi connectivity index (χ3v) is 6.09. The number of ketones is 1. The fourth-order valence-electron chi connectivity index (χ4n) is 3.25. The van der Waals surface area contributed by atoms with Gasteiger partial charge in [0, 0.05) is 10.6 Å². The molecule has 0 bridgehead atoms. The van der Waals surface area contributed by atoms with Gasteiger partial charge in [0.25, 0.3) is 0 Å². The van der Waals surface area contributed by atoms with Gasteiger partial charge >= 0.3 is 0 Å². The zero-order valence-corrected chi connectivity index (χ0v) is 17.7. The number of imidazole rings is 1. The summed E-state index contributed by atoms with van der Waals surface area (Å²) in [6, 6.07) is 23.8. The highest BCUT2D eigenvalue weighted by Gasteiger charge is 2.15. The van der Waals surface area contributed by atoms with Crippen LogP contribution in [0, 0.1) is 0 Å². The lowest BCUT2D eigenvalue weighted by Crippen LogP contribution is -2.06. The standard InChI is InChI=1S/C24H21ClN2OS/c1-2-17-8-10-19(11-9-17)23(28)16-29-24-26-21-14-20(25)12-13-22(21)27(24)15-18-6-4-3-5-7-18/h3-14H,2,15-16H2,1H3. The Morgan fingerprint density at radius 1 is 1.00 bits per heavy atom. The van der Waals surface area contributed by atoms with Crippen LogP contribution in [0.4, 0.5) is 0 Å². The molecule has 5 heteroatoms. The van der Waals surface area contributed by atoms with E-state index in [1.54, 1.807) is 0 Å². The predicted molar refractivity (Wildman–Crippen MR) is 121 cm³/mol. The zero-order valence-electron chi connectivity index (χ0n) is 16.1. The molecule has 0 aliphatic rings. The molecule has 0 saturated heterocycles. The number of aryl methyl sites for hydroxylation is 1. The van der Waals surface area contributed by atoms with E-state index in [0.29, 0.717) is 17.3 Å². The Balaban J connectivity index is 1.60. The van der Waals surface area contributed by atoms with Crippen LogP contribution in [0.5, 0.6) is 0 Å². The molecule has 0 aliphatic heterocycles. The van der Waals surface area contributed by atoms with Crippen LogP contribution in [-0.4, -0.2) is 21.1 Å². The first-order chi connectivity index (χ1) is 14.1. The average Bonchev–Trinajstić information content (AvgIpc) is 3.09. The third kappa shape index (κ3) is 4.55. The van der Waals surface area contributed by atoms with Crippen LogP contribution in [0.2, 0.25) is 5.02 Å². The molecule has 4 aromatic rings. The van der Waals surface area contributed by atoms with Crippen molar-refractivity contribution in [1.29, 1.82) is 0 Å². The fraction of sp³-hybridized carbons (Fsp3) is 0.167. The minimum atomic E-state index is 0.106. The summed E-state index contributed by atoms with van der Waals surface area (Å²) < 4.78 is 2.15. The van der Waals surface area contributed by atoms with E-state index in [2.05, 4.69) is 23.6 Å². The van der Waals surface area contributed by atoms with Crippen molar-refractivity contribution in [3.63, 3.8) is 0 Å². The summed E-state index contributed by atoms with van der Waals surface area (Å²) in [6.07, 6.45) is 0.968. The Hall–Kier alpha value is -2.56. The lowest BCUT2D eigenvalue weighted by Gasteiger charge is -2.09. The SMILES string of the molecule is CCc1ccc(C(=O)CSc2nc3cc(Cl)ccc3n2Cc2ccccc2)cc1. The summed E-state index contributed by atoms with van der Waals surface area (Å²) >= 11 is 7.63. The summed E-state index contributed by atoms with van der Waals surface area (Å²) in [5, 5.41) is 1.48. The van der Waals surface area contributed by atoms with Gasteiger partial charge in [0.15, 0.2) is 10.9 Å². The van der Waals surface area contributed by atoms with Crippen LogP contribution in [0.15, 0.2) is 78.0 Å². The van der Waals surface area contributed by atoms with Crippen molar-refractivity contribution in [2.75, 3.05) is 5.75 Å². The fourth-order valence-corrected chi connectivity index (χ4v) is 4.32. The molecule has 0 aliphatic carbocycles. The van der Waals surface area contributed by atoms with Gasteiger partial charge in [0.1, 0.15) is 0 Å². The van der Waals surface area contributed by atoms with Crippen LogP contribution in [-0.2, 0) is 13.0 Å². The monoisotopic (exact) mass is 420 g/mol. The molecule has 146 valence electrons. The second-order valence-electron chi connectivity index (χ2n) is 6.86. The van der Waals surface area contributed by atoms with Gasteiger partial charge in [-0.3, -0.25) is 4.79 Å². The lowest BCUT2D eigenvalue weighted by atomic mass is 10.1. The van der Waals surface area contributed by atoms with Crippen LogP contribution in [0.25, 0.3) is 11.0 Å². The molecule has 0 amide bonds. The Bertz CT molecular complexity index is 1140. The molecule has 0 spiro atoms. The number of carbonyl (C=O) groups is 1. The maximum Gasteiger partial charge on any atom is 0.173 e. The number of carbonyl (C=O) groups excluding carboxylic acids is 1. The summed E-state index contributed by atoms with van der Waals surface area (Å²) in [7, 11) is 0. The second-order valence-corrected chi connectivity index (χ2v) is 8.24. The Morgan fingerprint density at radius 3 is 2.48 bits per heavy atom. The van der Waals surface area contributed by atoms with E-state index in [1.807, 2.05) is 60.7 Å². The molecule has 1 heterocycles. The molecule has 3 nitrogen and oxygen atoms in total. The van der Waals surface area contributed by atoms with Gasteiger partial charge in [-0.25, -0.2) is 4.98 Å². The number of benzene rings is 3. The van der Waals surface area contributed by atoms with Crippen LogP contribution in [0.1, 0.15) is 28.4 Å². The molecule has 0 saturated carbocycles. The van der Waals surface area contributed by atoms with Gasteiger partial charge in [-0.15, -0.1) is 0 Å². The van der Waals surface area contributed by atoms with Gasteiger partial charge in [0.05, 0.1) is 23.3 Å². The minimum absolute atomic E-state index is 0.106. The smallest absolute Gasteiger partial charge is 0.173 e. The van der Waals surface area contributed by atoms with Gasteiger partial charge in [-0.05, 0) is 35.7 Å². The van der Waals surface area contributed by atoms with Gasteiger partial charge in [-0.2, -0.15) is 0 Å². The van der Waals surface area contributed by atoms with E-state index in [4.69, 9.17) is 16.6 Å². The number of thioether (sulfide) groups is 1. The molecular weight excluding hydrogens is 400 g/mol. The summed E-state index contributed by atoms with van der Waals surface area (Å²) in [4.78, 5) is 17.4. The normalized spacial score (nSPS) is 11.1. The number of halogens is 1. The first-order valence-corrected chi connectivity index (χ1v) is 10.9. The van der Waals surface area contributed by atoms with Gasteiger partial charge in [-0.1, -0.05) is 84.9 Å². The molecule has 0 unspecified atom stereocenters. The molecule has 0 atom stereocenters. The first-order valence-electron chi connectivity index (χ1n) is 9.58. The van der Waals surface area contributed by atoms with Gasteiger partial charge < -0.3 is 4.57 Å². The number of rotatable bonds is 7. The highest BCUT2D eigenvalue weighted by molar-refractivity contribution is 7.99. The molecule has 0 N–H and O–H groups in total. The van der Waals surface area contributed by atoms with Crippen molar-refractivity contribution in [3.8, 4) is 0 Å². The molecule has 0 fully saturated rings. The molecule has 0 radical (unpaired) electrons. The molecule has 1 aromatic heterocycles. The molecule has 29 heavy (non-hydrogen) atoms. The van der Waals surface area contributed by atoms with E-state index in [-0.39, 0.29) is 5.78 Å². The van der Waals surface area contributed by atoms with E-state index in [0.717, 1.165) is 28.2 Å². The van der Waals surface area contributed by atoms with Crippen molar-refractivity contribution in [2.24, 2.45) is 0 Å². The van der Waals surface area contributed by atoms with Crippen molar-refractivity contribution in [3.05, 3.63) is 94.5 Å². The van der Waals surface area contributed by atoms with Crippen molar-refractivity contribution in [2.45, 2.75) is 25.0 Å². The topological polar surface area (TPSA) is 34.9 Å². The summed E-state index contributed by atoms with van der Waals surface area (Å²) in [6.45, 7) is 2.80. The van der Waals surface area contributed by atoms with Crippen LogP contribution >= 0.6 is 23.4 Å². The van der Waals surface area contributed by atoms with Crippen molar-refractivity contribution < 1.29 is 4.79 Å². The predicted octanol–water partition coefficient (Wildman–Crippen LogP) is 6.28. The molecule has 4 rings (SSSR count). The summed E-state index contributed by atoms with van der Waals surface area (Å²) in [5.41, 5.74) is 5.01. The Labute approximate surface area is 179 Å². The summed E-state index contributed by atoms with van der Waals surface area (Å²) in [5.74, 6) is 0.450. The first kappa shape index (κ1) is 19.7. The Morgan fingerprint density at radius 2 is 1.76 bits per heavy atom. The number of fused-ring (bicyclic) bond motifs is 1. The highest BCUT2D eigenvalue weighted by atomic mass is 35.5. The number of nitrogens with zero attached hydrogens (tertiary/aromatic N) is 2. The molecule has 3 aromatic carbocycles. The van der Waals surface area contributed by atoms with E-state index < -0.39 is 0 Å². The number of hydrogen-bond donors (Lipinski definition) is 0. The number of aromatic nitrogens is 2. The van der Waals surface area contributed by atoms with Crippen molar-refractivity contribution >= 4 is 40.2 Å². The van der Waals surface area contributed by atoms with Crippen molar-refractivity contribution in [1.82, 2.24) is 9.55 Å². The highest BCUT2D eigenvalue weighted by Crippen LogP contribution is 2.28. The molecular formula is C24H21ClN2OS.